The van der Waals surface area contributed by atoms with Crippen LogP contribution in [0.2, 0.25) is 0 Å². The summed E-state index contributed by atoms with van der Waals surface area (Å²) in [7, 11) is 14.9. The average Bonchev–Trinajstić information content (AvgIpc) is 3.88. The number of methoxy groups -OCH3 is 9. The molecule has 3 aromatic heterocycles. The lowest BCUT2D eigenvalue weighted by Gasteiger charge is -2.22. The van der Waals surface area contributed by atoms with E-state index in [1.807, 2.05) is 36.4 Å². The molecule has 13 nitrogen and oxygen atoms in total. The summed E-state index contributed by atoms with van der Waals surface area (Å²) in [5, 5.41) is 2.63. The van der Waals surface area contributed by atoms with Gasteiger partial charge in [-0.1, -0.05) is 0 Å². The van der Waals surface area contributed by atoms with Crippen LogP contribution in [0.1, 0.15) is 29.9 Å². The van der Waals surface area contributed by atoms with E-state index in [-0.39, 0.29) is 0 Å². The molecule has 0 fully saturated rings. The Labute approximate surface area is 315 Å². The van der Waals surface area contributed by atoms with Crippen LogP contribution < -0.4 is 42.6 Å². The van der Waals surface area contributed by atoms with Gasteiger partial charge in [0, 0.05) is 13.0 Å². The van der Waals surface area contributed by atoms with Gasteiger partial charge in [0.1, 0.15) is 0 Å². The molecule has 6 aromatic rings. The van der Waals surface area contributed by atoms with Gasteiger partial charge in [0.2, 0.25) is 0 Å². The van der Waals surface area contributed by atoms with Gasteiger partial charge in [-0.3, -0.25) is 0 Å². The summed E-state index contributed by atoms with van der Waals surface area (Å²) in [6.07, 6.45) is 4.09. The molecule has 3 aromatic carbocycles. The fourth-order valence-corrected chi connectivity index (χ4v) is 7.65. The van der Waals surface area contributed by atoms with Crippen LogP contribution in [-0.2, 0) is 19.3 Å². The highest BCUT2D eigenvalue weighted by atomic mass is 16.5. The lowest BCUT2D eigenvalue weighted by Crippen LogP contribution is -2.29. The number of ether oxygens (including phenoxy) is 9. The Hall–Kier alpha value is -5.56. The van der Waals surface area contributed by atoms with Gasteiger partial charge in [0.05, 0.1) is 114 Å². The molecule has 0 radical (unpaired) electrons. The molecule has 0 aliphatic heterocycles. The SMILES string of the molecule is COc1ccc2[nH]c(CCCN(CCCc3[nH]c4ccc(OC)c(OC)c4c3OC)CCc3[nH]c4ccc(OC)c(OC)c4c3OC)c(OC)c2c1OC. The predicted molar refractivity (Wildman–Crippen MR) is 211 cm³/mol. The second kappa shape index (κ2) is 17.1. The van der Waals surface area contributed by atoms with Gasteiger partial charge in [0.25, 0.3) is 0 Å². The highest BCUT2D eigenvalue weighted by molar-refractivity contribution is 5.97. The fraction of sp³-hybridized carbons (Fsp3) is 0.415. The van der Waals surface area contributed by atoms with Gasteiger partial charge in [-0.25, -0.2) is 0 Å². The summed E-state index contributed by atoms with van der Waals surface area (Å²) in [5.74, 6) is 6.24. The van der Waals surface area contributed by atoms with Crippen LogP contribution in [0.5, 0.6) is 51.7 Å². The van der Waals surface area contributed by atoms with Gasteiger partial charge < -0.3 is 62.5 Å². The van der Waals surface area contributed by atoms with E-state index < -0.39 is 0 Å². The number of hydrogen-bond acceptors (Lipinski definition) is 10. The molecular weight excluding hydrogens is 692 g/mol. The van der Waals surface area contributed by atoms with Crippen molar-refractivity contribution < 1.29 is 42.6 Å². The number of rotatable bonds is 20. The lowest BCUT2D eigenvalue weighted by atomic mass is 10.1. The molecule has 0 unspecified atom stereocenters. The molecule has 3 N–H and O–H groups in total. The van der Waals surface area contributed by atoms with Crippen LogP contribution in [0, 0.1) is 0 Å². The molecule has 0 atom stereocenters. The third-order valence-corrected chi connectivity index (χ3v) is 10.1. The summed E-state index contributed by atoms with van der Waals surface area (Å²) < 4.78 is 51.8. The average molecular weight is 745 g/mol. The molecule has 290 valence electrons. The molecule has 0 saturated carbocycles. The molecule has 0 bridgehead atoms. The third kappa shape index (κ3) is 7.07. The summed E-state index contributed by atoms with van der Waals surface area (Å²) in [5.41, 5.74) is 5.85. The predicted octanol–water partition coefficient (Wildman–Crippen LogP) is 7.32. The monoisotopic (exact) mass is 744 g/mol. The molecule has 6 rings (SSSR count). The van der Waals surface area contributed by atoms with Crippen molar-refractivity contribution in [2.45, 2.75) is 32.1 Å². The zero-order valence-electron chi connectivity index (χ0n) is 32.7. The first-order chi connectivity index (χ1) is 26.4. The minimum absolute atomic E-state index is 0.647. The van der Waals surface area contributed by atoms with Crippen molar-refractivity contribution >= 4 is 32.7 Å². The number of hydrogen-bond donors (Lipinski definition) is 3. The van der Waals surface area contributed by atoms with E-state index >= 15 is 0 Å². The number of nitrogens with one attached hydrogen (secondary N) is 3. The van der Waals surface area contributed by atoms with E-state index in [0.717, 1.165) is 119 Å². The minimum Gasteiger partial charge on any atom is -0.494 e. The Bertz CT molecular complexity index is 2100. The topological polar surface area (TPSA) is 134 Å². The van der Waals surface area contributed by atoms with Gasteiger partial charge in [0.15, 0.2) is 51.7 Å². The number of fused-ring (bicyclic) bond motifs is 3. The van der Waals surface area contributed by atoms with Crippen LogP contribution in [0.4, 0.5) is 0 Å². The molecule has 3 heterocycles. The summed E-state index contributed by atoms with van der Waals surface area (Å²) in [4.78, 5) is 13.2. The maximum absolute atomic E-state index is 5.97. The highest BCUT2D eigenvalue weighted by Gasteiger charge is 2.23. The molecule has 54 heavy (non-hydrogen) atoms. The number of aromatic amines is 3. The first-order valence-corrected chi connectivity index (χ1v) is 18.0. The van der Waals surface area contributed by atoms with Crippen molar-refractivity contribution in [1.82, 2.24) is 19.9 Å². The molecule has 0 amide bonds. The molecule has 0 saturated heterocycles. The van der Waals surface area contributed by atoms with Crippen molar-refractivity contribution in [3.05, 3.63) is 53.5 Å². The van der Waals surface area contributed by atoms with Gasteiger partial charge in [-0.2, -0.15) is 0 Å². The normalized spacial score (nSPS) is 11.4. The summed E-state index contributed by atoms with van der Waals surface area (Å²) >= 11 is 0. The highest BCUT2D eigenvalue weighted by Crippen LogP contribution is 2.45. The first-order valence-electron chi connectivity index (χ1n) is 18.0. The van der Waals surface area contributed by atoms with E-state index in [4.69, 9.17) is 42.6 Å². The Morgan fingerprint density at radius 1 is 0.370 bits per heavy atom. The maximum Gasteiger partial charge on any atom is 0.173 e. The number of aryl methyl sites for hydroxylation is 2. The van der Waals surface area contributed by atoms with E-state index in [9.17, 15) is 0 Å². The number of aromatic nitrogens is 3. The van der Waals surface area contributed by atoms with Crippen LogP contribution in [-0.4, -0.2) is 103 Å². The van der Waals surface area contributed by atoms with Crippen molar-refractivity contribution in [3.63, 3.8) is 0 Å². The molecule has 13 heteroatoms. The fourth-order valence-electron chi connectivity index (χ4n) is 7.65. The first kappa shape index (κ1) is 38.2. The van der Waals surface area contributed by atoms with Gasteiger partial charge in [-0.05, 0) is 75.2 Å². The van der Waals surface area contributed by atoms with E-state index in [1.54, 1.807) is 64.0 Å². The molecule has 0 aliphatic rings. The van der Waals surface area contributed by atoms with Crippen molar-refractivity contribution in [3.8, 4) is 51.7 Å². The van der Waals surface area contributed by atoms with Crippen molar-refractivity contribution in [2.24, 2.45) is 0 Å². The Balaban J connectivity index is 1.24. The van der Waals surface area contributed by atoms with Gasteiger partial charge >= 0.3 is 0 Å². The quantitative estimate of drug-likeness (QED) is 0.0731. The summed E-state index contributed by atoms with van der Waals surface area (Å²) in [6.45, 7) is 2.51. The van der Waals surface area contributed by atoms with E-state index in [1.165, 1.54) is 0 Å². The van der Waals surface area contributed by atoms with Crippen LogP contribution in [0.25, 0.3) is 32.7 Å². The Morgan fingerprint density at radius 3 is 0.981 bits per heavy atom. The maximum atomic E-state index is 5.97. The number of H-pyrrole nitrogens is 3. The summed E-state index contributed by atoms with van der Waals surface area (Å²) in [6, 6.07) is 11.7. The largest absolute Gasteiger partial charge is 0.494 e. The van der Waals surface area contributed by atoms with Crippen molar-refractivity contribution in [1.29, 1.82) is 0 Å². The van der Waals surface area contributed by atoms with E-state index in [0.29, 0.717) is 34.5 Å². The molecule has 0 aliphatic carbocycles. The van der Waals surface area contributed by atoms with Crippen LogP contribution in [0.15, 0.2) is 36.4 Å². The zero-order valence-corrected chi connectivity index (χ0v) is 32.7. The molecule has 0 spiro atoms. The standard InChI is InChI=1S/C41H52N4O9/c1-46-30-17-14-24-33(39(30)52-7)36(49-4)27(42-24)12-10-21-45(23-20-29-38(51-6)35-26(44-29)16-19-32(48-3)41(35)54-9)22-11-13-28-37(50-5)34-25(43-28)15-18-31(47-2)40(34)53-8/h14-19,42-44H,10-13,20-23H2,1-9H3. The van der Waals surface area contributed by atoms with Crippen LogP contribution in [0.3, 0.4) is 0 Å². The second-order valence-electron chi connectivity index (χ2n) is 12.9. The minimum atomic E-state index is 0.647. The lowest BCUT2D eigenvalue weighted by molar-refractivity contribution is 0.267. The van der Waals surface area contributed by atoms with Crippen molar-refractivity contribution in [2.75, 3.05) is 83.6 Å². The Morgan fingerprint density at radius 2 is 0.685 bits per heavy atom. The second-order valence-corrected chi connectivity index (χ2v) is 12.9. The van der Waals surface area contributed by atoms with Crippen LogP contribution >= 0.6 is 0 Å². The van der Waals surface area contributed by atoms with Gasteiger partial charge in [-0.15, -0.1) is 0 Å². The number of nitrogens with zero attached hydrogens (tertiary/aromatic N) is 1. The molecular formula is C41H52N4O9. The van der Waals surface area contributed by atoms with E-state index in [2.05, 4.69) is 19.9 Å². The zero-order chi connectivity index (χ0) is 38.4. The number of benzene rings is 3. The smallest absolute Gasteiger partial charge is 0.173 e. The Kier molecular flexibility index (Phi) is 12.1. The third-order valence-electron chi connectivity index (χ3n) is 10.1.